The fourth-order valence-electron chi connectivity index (χ4n) is 4.08. The first-order valence-corrected chi connectivity index (χ1v) is 14.3. The SMILES string of the molecule is CCOC(Cc1ccc(OCCN(CCCOCc2cc(Cl)cc(Cl)c2)C(=O)NCc2ccc(F)cc2)cc1)C(=O)O. The van der Waals surface area contributed by atoms with Gasteiger partial charge in [-0.1, -0.05) is 47.5 Å². The maximum absolute atomic E-state index is 13.2. The lowest BCUT2D eigenvalue weighted by Crippen LogP contribution is -2.42. The number of nitrogens with zero attached hydrogens (tertiary/aromatic N) is 1. The number of amides is 2. The zero-order valence-corrected chi connectivity index (χ0v) is 24.9. The molecule has 1 atom stereocenters. The molecule has 0 aliphatic heterocycles. The average molecular weight is 622 g/mol. The van der Waals surface area contributed by atoms with Gasteiger partial charge >= 0.3 is 12.0 Å². The van der Waals surface area contributed by atoms with Gasteiger partial charge in [-0.15, -0.1) is 0 Å². The summed E-state index contributed by atoms with van der Waals surface area (Å²) in [4.78, 5) is 26.0. The van der Waals surface area contributed by atoms with E-state index in [1.165, 1.54) is 12.1 Å². The van der Waals surface area contributed by atoms with E-state index in [0.29, 0.717) is 55.1 Å². The summed E-state index contributed by atoms with van der Waals surface area (Å²) in [6.07, 6.45) is -0.0777. The summed E-state index contributed by atoms with van der Waals surface area (Å²) >= 11 is 12.1. The van der Waals surface area contributed by atoms with E-state index in [1.807, 2.05) is 0 Å². The van der Waals surface area contributed by atoms with Crippen molar-refractivity contribution in [3.8, 4) is 5.75 Å². The molecule has 1 unspecified atom stereocenters. The molecule has 42 heavy (non-hydrogen) atoms. The van der Waals surface area contributed by atoms with Crippen molar-refractivity contribution in [2.24, 2.45) is 0 Å². The van der Waals surface area contributed by atoms with Crippen LogP contribution in [-0.2, 0) is 33.8 Å². The Morgan fingerprint density at radius 1 is 0.929 bits per heavy atom. The normalized spacial score (nSPS) is 11.6. The molecule has 0 spiro atoms. The Kier molecular flexibility index (Phi) is 13.8. The van der Waals surface area contributed by atoms with Gasteiger partial charge in [0.2, 0.25) is 0 Å². The highest BCUT2D eigenvalue weighted by atomic mass is 35.5. The van der Waals surface area contributed by atoms with Crippen molar-refractivity contribution in [2.45, 2.75) is 39.0 Å². The van der Waals surface area contributed by atoms with Crippen LogP contribution >= 0.6 is 23.2 Å². The summed E-state index contributed by atoms with van der Waals surface area (Å²) in [7, 11) is 0. The van der Waals surface area contributed by atoms with Crippen molar-refractivity contribution in [2.75, 3.05) is 32.9 Å². The van der Waals surface area contributed by atoms with Gasteiger partial charge < -0.3 is 29.5 Å². The monoisotopic (exact) mass is 620 g/mol. The molecule has 0 fully saturated rings. The molecule has 0 aromatic heterocycles. The molecule has 0 bridgehead atoms. The third-order valence-electron chi connectivity index (χ3n) is 6.17. The molecule has 0 radical (unpaired) electrons. The molecule has 0 heterocycles. The first-order chi connectivity index (χ1) is 20.2. The third kappa shape index (κ3) is 11.9. The number of hydrogen-bond donors (Lipinski definition) is 2. The molecule has 0 saturated heterocycles. The number of hydrogen-bond acceptors (Lipinski definition) is 5. The number of ether oxygens (including phenoxy) is 3. The zero-order chi connectivity index (χ0) is 30.3. The Labute approximate surface area is 255 Å². The number of nitrogens with one attached hydrogen (secondary N) is 1. The second kappa shape index (κ2) is 17.6. The van der Waals surface area contributed by atoms with Crippen LogP contribution in [0.25, 0.3) is 0 Å². The lowest BCUT2D eigenvalue weighted by Gasteiger charge is -2.23. The minimum atomic E-state index is -1.01. The van der Waals surface area contributed by atoms with E-state index in [4.69, 9.17) is 37.4 Å². The Morgan fingerprint density at radius 2 is 1.60 bits per heavy atom. The number of carboxylic acids is 1. The second-order valence-electron chi connectivity index (χ2n) is 9.43. The van der Waals surface area contributed by atoms with Gasteiger partial charge in [0.1, 0.15) is 18.2 Å². The van der Waals surface area contributed by atoms with Crippen molar-refractivity contribution >= 4 is 35.2 Å². The average Bonchev–Trinajstić information content (AvgIpc) is 2.95. The molecule has 3 rings (SSSR count). The fourth-order valence-corrected chi connectivity index (χ4v) is 4.65. The first kappa shape index (κ1) is 33.1. The summed E-state index contributed by atoms with van der Waals surface area (Å²) in [5.41, 5.74) is 2.45. The lowest BCUT2D eigenvalue weighted by molar-refractivity contribution is -0.149. The number of carboxylic acid groups (broad SMARTS) is 1. The van der Waals surface area contributed by atoms with Crippen LogP contribution in [0.2, 0.25) is 10.0 Å². The van der Waals surface area contributed by atoms with Crippen LogP contribution in [0, 0.1) is 5.82 Å². The number of rotatable bonds is 17. The van der Waals surface area contributed by atoms with E-state index < -0.39 is 12.1 Å². The van der Waals surface area contributed by atoms with E-state index in [2.05, 4.69) is 5.32 Å². The molecule has 0 saturated carbocycles. The fraction of sp³-hybridized carbons (Fsp3) is 0.355. The summed E-state index contributed by atoms with van der Waals surface area (Å²) in [6, 6.07) is 18.0. The molecular weight excluding hydrogens is 586 g/mol. The number of halogens is 3. The molecular formula is C31H35Cl2FN2O6. The number of carbonyl (C=O) groups excluding carboxylic acids is 1. The van der Waals surface area contributed by atoms with Gasteiger partial charge in [-0.2, -0.15) is 0 Å². The van der Waals surface area contributed by atoms with E-state index >= 15 is 0 Å². The van der Waals surface area contributed by atoms with Gasteiger partial charge in [-0.3, -0.25) is 0 Å². The summed E-state index contributed by atoms with van der Waals surface area (Å²) < 4.78 is 30.1. The van der Waals surface area contributed by atoms with Crippen LogP contribution in [0.1, 0.15) is 30.0 Å². The Bertz CT molecular complexity index is 1260. The Hall–Kier alpha value is -3.37. The third-order valence-corrected chi connectivity index (χ3v) is 6.61. The number of aliphatic carboxylic acids is 1. The second-order valence-corrected chi connectivity index (χ2v) is 10.3. The van der Waals surface area contributed by atoms with Crippen LogP contribution in [0.15, 0.2) is 66.7 Å². The smallest absolute Gasteiger partial charge is 0.333 e. The van der Waals surface area contributed by atoms with Crippen LogP contribution in [-0.4, -0.2) is 61.0 Å². The van der Waals surface area contributed by atoms with Gasteiger partial charge in [0.15, 0.2) is 6.10 Å². The van der Waals surface area contributed by atoms with E-state index in [-0.39, 0.29) is 31.4 Å². The molecule has 8 nitrogen and oxygen atoms in total. The van der Waals surface area contributed by atoms with Crippen LogP contribution in [0.4, 0.5) is 9.18 Å². The van der Waals surface area contributed by atoms with Crippen molar-refractivity contribution in [1.82, 2.24) is 10.2 Å². The predicted molar refractivity (Wildman–Crippen MR) is 160 cm³/mol. The quantitative estimate of drug-likeness (QED) is 0.170. The van der Waals surface area contributed by atoms with Crippen molar-refractivity contribution in [1.29, 1.82) is 0 Å². The zero-order valence-electron chi connectivity index (χ0n) is 23.4. The summed E-state index contributed by atoms with van der Waals surface area (Å²) in [6.45, 7) is 4.04. The highest BCUT2D eigenvalue weighted by molar-refractivity contribution is 6.34. The standard InChI is InChI=1S/C31H35Cl2FN2O6/c1-2-41-29(30(37)38)18-22-6-10-28(11-7-22)42-15-13-36(31(39)35-20-23-4-8-27(34)9-5-23)12-3-14-40-21-24-16-25(32)19-26(33)17-24/h4-11,16-17,19,29H,2-3,12-15,18,20-21H2,1H3,(H,35,39)(H,37,38). The predicted octanol–water partition coefficient (Wildman–Crippen LogP) is 6.36. The minimum Gasteiger partial charge on any atom is -0.492 e. The molecule has 0 aliphatic rings. The molecule has 2 amide bonds. The number of carbonyl (C=O) groups is 2. The van der Waals surface area contributed by atoms with Gasteiger partial charge in [0.05, 0.1) is 13.2 Å². The van der Waals surface area contributed by atoms with Crippen LogP contribution in [0.5, 0.6) is 5.75 Å². The highest BCUT2D eigenvalue weighted by Crippen LogP contribution is 2.20. The maximum atomic E-state index is 13.2. The first-order valence-electron chi connectivity index (χ1n) is 13.6. The lowest BCUT2D eigenvalue weighted by atomic mass is 10.1. The van der Waals surface area contributed by atoms with Crippen molar-refractivity contribution in [3.05, 3.63) is 99.3 Å². The van der Waals surface area contributed by atoms with Gasteiger partial charge in [0, 0.05) is 42.8 Å². The van der Waals surface area contributed by atoms with E-state index in [0.717, 1.165) is 16.7 Å². The largest absolute Gasteiger partial charge is 0.492 e. The number of urea groups is 1. The molecule has 2 N–H and O–H groups in total. The minimum absolute atomic E-state index is 0.238. The van der Waals surface area contributed by atoms with Crippen molar-refractivity contribution in [3.63, 3.8) is 0 Å². The molecule has 3 aromatic carbocycles. The van der Waals surface area contributed by atoms with E-state index in [9.17, 15) is 19.1 Å². The molecule has 3 aromatic rings. The summed E-state index contributed by atoms with van der Waals surface area (Å²) in [5.74, 6) is -0.751. The van der Waals surface area contributed by atoms with E-state index in [1.54, 1.807) is 66.4 Å². The molecule has 0 aliphatic carbocycles. The van der Waals surface area contributed by atoms with Gasteiger partial charge in [0.25, 0.3) is 0 Å². The Balaban J connectivity index is 1.51. The maximum Gasteiger partial charge on any atom is 0.333 e. The highest BCUT2D eigenvalue weighted by Gasteiger charge is 2.18. The Morgan fingerprint density at radius 3 is 2.24 bits per heavy atom. The van der Waals surface area contributed by atoms with Crippen molar-refractivity contribution < 1.29 is 33.3 Å². The van der Waals surface area contributed by atoms with Gasteiger partial charge in [-0.05, 0) is 72.5 Å². The molecule has 226 valence electrons. The summed E-state index contributed by atoms with van der Waals surface area (Å²) in [5, 5.41) is 13.2. The topological polar surface area (TPSA) is 97.3 Å². The van der Waals surface area contributed by atoms with Crippen LogP contribution in [0.3, 0.4) is 0 Å². The molecule has 11 heteroatoms. The van der Waals surface area contributed by atoms with Gasteiger partial charge in [-0.25, -0.2) is 14.0 Å². The number of benzene rings is 3. The van der Waals surface area contributed by atoms with Crippen LogP contribution < -0.4 is 10.1 Å².